The minimum absolute atomic E-state index is 0.156. The van der Waals surface area contributed by atoms with Gasteiger partial charge in [0.15, 0.2) is 0 Å². The second kappa shape index (κ2) is 5.10. The van der Waals surface area contributed by atoms with E-state index >= 15 is 0 Å². The van der Waals surface area contributed by atoms with Crippen molar-refractivity contribution in [2.45, 2.75) is 38.3 Å². The Morgan fingerprint density at radius 2 is 2.21 bits per heavy atom. The highest BCUT2D eigenvalue weighted by atomic mass is 16.5. The van der Waals surface area contributed by atoms with Crippen molar-refractivity contribution in [3.63, 3.8) is 0 Å². The van der Waals surface area contributed by atoms with Gasteiger partial charge in [0.1, 0.15) is 11.5 Å². The van der Waals surface area contributed by atoms with Crippen LogP contribution in [0, 0.1) is 0 Å². The number of hydrogen-bond acceptors (Lipinski definition) is 3. The number of aryl methyl sites for hydroxylation is 1. The molecule has 1 unspecified atom stereocenters. The highest BCUT2D eigenvalue weighted by molar-refractivity contribution is 5.37. The summed E-state index contributed by atoms with van der Waals surface area (Å²) in [5.41, 5.74) is 8.46. The SMILES string of the molecule is CCc1occc1C(N)c1cccc(OC2CC2)c1. The van der Waals surface area contributed by atoms with Crippen molar-refractivity contribution in [1.29, 1.82) is 0 Å². The van der Waals surface area contributed by atoms with Gasteiger partial charge in [-0.3, -0.25) is 0 Å². The largest absolute Gasteiger partial charge is 0.490 e. The number of benzene rings is 1. The normalized spacial score (nSPS) is 16.3. The Morgan fingerprint density at radius 1 is 1.37 bits per heavy atom. The van der Waals surface area contributed by atoms with E-state index in [2.05, 4.69) is 6.92 Å². The number of furan rings is 1. The minimum atomic E-state index is -0.156. The molecule has 1 aliphatic carbocycles. The summed E-state index contributed by atoms with van der Waals surface area (Å²) in [6.07, 6.45) is 5.30. The Hall–Kier alpha value is -1.74. The fraction of sp³-hybridized carbons (Fsp3) is 0.375. The lowest BCUT2D eigenvalue weighted by Crippen LogP contribution is -2.13. The molecular weight excluding hydrogens is 238 g/mol. The van der Waals surface area contributed by atoms with E-state index in [-0.39, 0.29) is 6.04 Å². The lowest BCUT2D eigenvalue weighted by Gasteiger charge is -2.13. The lowest BCUT2D eigenvalue weighted by molar-refractivity contribution is 0.303. The van der Waals surface area contributed by atoms with Crippen LogP contribution < -0.4 is 10.5 Å². The molecule has 0 amide bonds. The molecule has 1 fully saturated rings. The van der Waals surface area contributed by atoms with Gasteiger partial charge in [-0.05, 0) is 36.6 Å². The average molecular weight is 257 g/mol. The van der Waals surface area contributed by atoms with E-state index in [1.54, 1.807) is 6.26 Å². The van der Waals surface area contributed by atoms with E-state index < -0.39 is 0 Å². The Bertz CT molecular complexity index is 557. The van der Waals surface area contributed by atoms with Crippen LogP contribution in [-0.2, 0) is 6.42 Å². The Labute approximate surface area is 113 Å². The van der Waals surface area contributed by atoms with E-state index in [0.29, 0.717) is 6.10 Å². The summed E-state index contributed by atoms with van der Waals surface area (Å²) in [6.45, 7) is 2.07. The molecule has 1 saturated carbocycles. The summed E-state index contributed by atoms with van der Waals surface area (Å²) in [5.74, 6) is 1.87. The van der Waals surface area contributed by atoms with Crippen LogP contribution >= 0.6 is 0 Å². The summed E-state index contributed by atoms with van der Waals surface area (Å²) >= 11 is 0. The summed E-state index contributed by atoms with van der Waals surface area (Å²) < 4.78 is 11.3. The zero-order chi connectivity index (χ0) is 13.2. The molecule has 1 atom stereocenters. The highest BCUT2D eigenvalue weighted by Crippen LogP contribution is 2.30. The first-order valence-electron chi connectivity index (χ1n) is 6.86. The van der Waals surface area contributed by atoms with Crippen LogP contribution in [-0.4, -0.2) is 6.10 Å². The molecule has 1 aromatic carbocycles. The van der Waals surface area contributed by atoms with Gasteiger partial charge in [-0.15, -0.1) is 0 Å². The fourth-order valence-corrected chi connectivity index (χ4v) is 2.25. The van der Waals surface area contributed by atoms with Crippen LogP contribution in [0.2, 0.25) is 0 Å². The van der Waals surface area contributed by atoms with E-state index in [0.717, 1.165) is 41.9 Å². The first-order chi connectivity index (χ1) is 9.28. The van der Waals surface area contributed by atoms with Crippen molar-refractivity contribution in [2.75, 3.05) is 0 Å². The third-order valence-corrected chi connectivity index (χ3v) is 3.48. The number of nitrogens with two attached hydrogens (primary N) is 1. The van der Waals surface area contributed by atoms with Crippen LogP contribution in [0.3, 0.4) is 0 Å². The highest BCUT2D eigenvalue weighted by Gasteiger charge is 2.24. The van der Waals surface area contributed by atoms with Crippen LogP contribution in [0.4, 0.5) is 0 Å². The molecule has 1 aromatic heterocycles. The third kappa shape index (κ3) is 2.66. The van der Waals surface area contributed by atoms with Crippen molar-refractivity contribution in [2.24, 2.45) is 5.73 Å². The Kier molecular flexibility index (Phi) is 3.30. The number of hydrogen-bond donors (Lipinski definition) is 1. The fourth-order valence-electron chi connectivity index (χ4n) is 2.25. The summed E-state index contributed by atoms with van der Waals surface area (Å²) in [5, 5.41) is 0. The molecule has 2 N–H and O–H groups in total. The summed E-state index contributed by atoms with van der Waals surface area (Å²) in [4.78, 5) is 0. The maximum atomic E-state index is 6.34. The molecule has 0 radical (unpaired) electrons. The van der Waals surface area contributed by atoms with Gasteiger partial charge >= 0.3 is 0 Å². The van der Waals surface area contributed by atoms with Crippen molar-refractivity contribution >= 4 is 0 Å². The van der Waals surface area contributed by atoms with Gasteiger partial charge in [-0.1, -0.05) is 19.1 Å². The molecule has 2 aromatic rings. The van der Waals surface area contributed by atoms with Gasteiger partial charge in [-0.2, -0.15) is 0 Å². The number of ether oxygens (including phenoxy) is 1. The van der Waals surface area contributed by atoms with Gasteiger partial charge in [0.2, 0.25) is 0 Å². The first kappa shape index (κ1) is 12.3. The monoisotopic (exact) mass is 257 g/mol. The van der Waals surface area contributed by atoms with Gasteiger partial charge in [0.25, 0.3) is 0 Å². The molecule has 0 spiro atoms. The van der Waals surface area contributed by atoms with Crippen molar-refractivity contribution in [3.8, 4) is 5.75 Å². The number of rotatable bonds is 5. The van der Waals surface area contributed by atoms with Crippen molar-refractivity contribution < 1.29 is 9.15 Å². The zero-order valence-electron chi connectivity index (χ0n) is 11.1. The first-order valence-corrected chi connectivity index (χ1v) is 6.86. The zero-order valence-corrected chi connectivity index (χ0v) is 11.1. The Balaban J connectivity index is 1.84. The second-order valence-corrected chi connectivity index (χ2v) is 5.02. The molecule has 100 valence electrons. The summed E-state index contributed by atoms with van der Waals surface area (Å²) in [7, 11) is 0. The van der Waals surface area contributed by atoms with Gasteiger partial charge in [0, 0.05) is 12.0 Å². The van der Waals surface area contributed by atoms with E-state index in [9.17, 15) is 0 Å². The van der Waals surface area contributed by atoms with Crippen LogP contribution in [0.25, 0.3) is 0 Å². The predicted octanol–water partition coefficient (Wildman–Crippen LogP) is 3.43. The Morgan fingerprint density at radius 3 is 2.95 bits per heavy atom. The van der Waals surface area contributed by atoms with Crippen LogP contribution in [0.1, 0.15) is 42.7 Å². The van der Waals surface area contributed by atoms with Crippen molar-refractivity contribution in [3.05, 3.63) is 53.5 Å². The second-order valence-electron chi connectivity index (χ2n) is 5.02. The topological polar surface area (TPSA) is 48.4 Å². The van der Waals surface area contributed by atoms with Crippen LogP contribution in [0.15, 0.2) is 41.0 Å². The molecular formula is C16H19NO2. The van der Waals surface area contributed by atoms with E-state index in [4.69, 9.17) is 14.9 Å². The van der Waals surface area contributed by atoms with Gasteiger partial charge in [-0.25, -0.2) is 0 Å². The molecule has 1 aliphatic rings. The smallest absolute Gasteiger partial charge is 0.120 e. The molecule has 1 heterocycles. The quantitative estimate of drug-likeness (QED) is 0.892. The van der Waals surface area contributed by atoms with Crippen molar-refractivity contribution in [1.82, 2.24) is 0 Å². The molecule has 0 saturated heterocycles. The van der Waals surface area contributed by atoms with E-state index in [1.165, 1.54) is 0 Å². The molecule has 3 heteroatoms. The molecule has 0 aliphatic heterocycles. The molecule has 19 heavy (non-hydrogen) atoms. The van der Waals surface area contributed by atoms with Crippen LogP contribution in [0.5, 0.6) is 5.75 Å². The standard InChI is InChI=1S/C16H19NO2/c1-2-15-14(8-9-18-15)16(17)11-4-3-5-13(10-11)19-12-6-7-12/h3-5,8-10,12,16H,2,6-7,17H2,1H3. The molecule has 0 bridgehead atoms. The predicted molar refractivity (Wildman–Crippen MR) is 74.2 cm³/mol. The summed E-state index contributed by atoms with van der Waals surface area (Å²) in [6, 6.07) is 9.87. The minimum Gasteiger partial charge on any atom is -0.490 e. The van der Waals surface area contributed by atoms with Gasteiger partial charge < -0.3 is 14.9 Å². The maximum Gasteiger partial charge on any atom is 0.120 e. The lowest BCUT2D eigenvalue weighted by atomic mass is 9.99. The maximum absolute atomic E-state index is 6.34. The molecule has 3 rings (SSSR count). The molecule has 3 nitrogen and oxygen atoms in total. The third-order valence-electron chi connectivity index (χ3n) is 3.48. The average Bonchev–Trinajstić information content (AvgIpc) is 3.11. The van der Waals surface area contributed by atoms with Gasteiger partial charge in [0.05, 0.1) is 18.4 Å². The van der Waals surface area contributed by atoms with E-state index in [1.807, 2.05) is 30.3 Å².